The Morgan fingerprint density at radius 3 is 2.84 bits per heavy atom. The average Bonchev–Trinajstić information content (AvgIpc) is 2.77. The van der Waals surface area contributed by atoms with E-state index < -0.39 is 5.97 Å². The lowest BCUT2D eigenvalue weighted by Gasteiger charge is -2.11. The number of hydrogen-bond donors (Lipinski definition) is 2. The summed E-state index contributed by atoms with van der Waals surface area (Å²) in [6, 6.07) is 3.04. The molecule has 6 nitrogen and oxygen atoms in total. The minimum Gasteiger partial charge on any atom is -0.465 e. The number of nitrogen functional groups attached to an aromatic ring is 1. The van der Waals surface area contributed by atoms with Gasteiger partial charge in [-0.3, -0.25) is 0 Å². The van der Waals surface area contributed by atoms with Crippen LogP contribution in [0, 0.1) is 6.92 Å². The van der Waals surface area contributed by atoms with E-state index in [2.05, 4.69) is 14.7 Å². The van der Waals surface area contributed by atoms with Crippen LogP contribution >= 0.6 is 23.1 Å². The number of carbonyl (C=O) groups excluding carboxylic acids is 1. The van der Waals surface area contributed by atoms with E-state index in [1.54, 1.807) is 13.0 Å². The molecule has 1 heterocycles. The summed E-state index contributed by atoms with van der Waals surface area (Å²) in [6.07, 6.45) is 0. The molecule has 2 aromatic rings. The van der Waals surface area contributed by atoms with Crippen LogP contribution in [0.3, 0.4) is 0 Å². The molecule has 0 unspecified atom stereocenters. The Hall–Kier alpha value is -1.86. The predicted molar refractivity (Wildman–Crippen MR) is 75.1 cm³/mol. The van der Waals surface area contributed by atoms with Gasteiger partial charge in [-0.05, 0) is 19.1 Å². The van der Waals surface area contributed by atoms with E-state index in [4.69, 9.17) is 22.1 Å². The number of hydrogen-bond acceptors (Lipinski definition) is 7. The summed E-state index contributed by atoms with van der Waals surface area (Å²) in [4.78, 5) is 15.9. The fourth-order valence-electron chi connectivity index (χ4n) is 1.48. The summed E-state index contributed by atoms with van der Waals surface area (Å²) in [5, 5.41) is 3.81. The van der Waals surface area contributed by atoms with E-state index in [0.29, 0.717) is 27.4 Å². The van der Waals surface area contributed by atoms with E-state index in [9.17, 15) is 4.79 Å². The zero-order chi connectivity index (χ0) is 14.0. The first-order chi connectivity index (χ1) is 9.01. The summed E-state index contributed by atoms with van der Waals surface area (Å²) >= 11 is 7.27. The summed E-state index contributed by atoms with van der Waals surface area (Å²) in [5.41, 5.74) is 6.70. The molecule has 0 amide bonds. The van der Waals surface area contributed by atoms with Crippen molar-refractivity contribution in [2.24, 2.45) is 0 Å². The van der Waals surface area contributed by atoms with Crippen molar-refractivity contribution in [3.8, 4) is 0 Å². The molecule has 0 aliphatic heterocycles. The Labute approximate surface area is 118 Å². The molecule has 1 aromatic carbocycles. The van der Waals surface area contributed by atoms with Crippen molar-refractivity contribution in [1.29, 1.82) is 0 Å². The second kappa shape index (κ2) is 5.41. The molecule has 19 heavy (non-hydrogen) atoms. The average molecular weight is 299 g/mol. The highest BCUT2D eigenvalue weighted by Crippen LogP contribution is 2.32. The van der Waals surface area contributed by atoms with Gasteiger partial charge in [0.1, 0.15) is 5.82 Å². The highest BCUT2D eigenvalue weighted by Gasteiger charge is 2.17. The van der Waals surface area contributed by atoms with E-state index in [-0.39, 0.29) is 5.56 Å². The molecular formula is C11H11ClN4O2S. The molecule has 3 N–H and O–H groups in total. The van der Waals surface area contributed by atoms with Crippen molar-refractivity contribution >= 4 is 45.6 Å². The molecule has 8 heteroatoms. The number of carbonyl (C=O) groups is 1. The minimum atomic E-state index is -0.530. The second-order valence-corrected chi connectivity index (χ2v) is 4.85. The summed E-state index contributed by atoms with van der Waals surface area (Å²) in [6.45, 7) is 1.77. The number of aromatic nitrogens is 2. The van der Waals surface area contributed by atoms with Crippen LogP contribution in [0.15, 0.2) is 12.1 Å². The number of methoxy groups -OCH3 is 1. The second-order valence-electron chi connectivity index (χ2n) is 3.69. The molecule has 0 bridgehead atoms. The van der Waals surface area contributed by atoms with Crippen LogP contribution in [0.5, 0.6) is 0 Å². The SMILES string of the molecule is COC(=O)c1cc(N)cc(Cl)c1Nc1nc(C)ns1. The van der Waals surface area contributed by atoms with Gasteiger partial charge in [-0.25, -0.2) is 9.78 Å². The number of nitrogens with one attached hydrogen (secondary N) is 1. The molecular weight excluding hydrogens is 288 g/mol. The predicted octanol–water partition coefficient (Wildman–Crippen LogP) is 2.61. The van der Waals surface area contributed by atoms with Gasteiger partial charge in [0.15, 0.2) is 0 Å². The quantitative estimate of drug-likeness (QED) is 0.668. The van der Waals surface area contributed by atoms with Gasteiger partial charge in [0.2, 0.25) is 5.13 Å². The molecule has 1 aromatic heterocycles. The molecule has 0 aliphatic carbocycles. The first kappa shape index (κ1) is 13.6. The Morgan fingerprint density at radius 1 is 1.53 bits per heavy atom. The van der Waals surface area contributed by atoms with Crippen LogP contribution in [0.25, 0.3) is 0 Å². The van der Waals surface area contributed by atoms with Gasteiger partial charge in [0.25, 0.3) is 0 Å². The zero-order valence-corrected chi connectivity index (χ0v) is 11.8. The molecule has 0 atom stereocenters. The maximum absolute atomic E-state index is 11.7. The van der Waals surface area contributed by atoms with Crippen LogP contribution in [-0.2, 0) is 4.74 Å². The number of esters is 1. The van der Waals surface area contributed by atoms with Crippen molar-refractivity contribution in [2.45, 2.75) is 6.92 Å². The van der Waals surface area contributed by atoms with Crippen molar-refractivity contribution in [3.63, 3.8) is 0 Å². The Bertz CT molecular complexity index is 629. The smallest absolute Gasteiger partial charge is 0.340 e. The lowest BCUT2D eigenvalue weighted by atomic mass is 10.1. The Kier molecular flexibility index (Phi) is 3.87. The van der Waals surface area contributed by atoms with E-state index >= 15 is 0 Å². The first-order valence-electron chi connectivity index (χ1n) is 5.26. The van der Waals surface area contributed by atoms with Crippen molar-refractivity contribution < 1.29 is 9.53 Å². The van der Waals surface area contributed by atoms with Gasteiger partial charge in [-0.2, -0.15) is 4.37 Å². The topological polar surface area (TPSA) is 90.1 Å². The molecule has 0 aliphatic rings. The van der Waals surface area contributed by atoms with Crippen molar-refractivity contribution in [2.75, 3.05) is 18.2 Å². The van der Waals surface area contributed by atoms with Crippen molar-refractivity contribution in [1.82, 2.24) is 9.36 Å². The molecule has 0 spiro atoms. The normalized spacial score (nSPS) is 10.3. The van der Waals surface area contributed by atoms with Crippen LogP contribution in [-0.4, -0.2) is 22.4 Å². The highest BCUT2D eigenvalue weighted by molar-refractivity contribution is 7.09. The van der Waals surface area contributed by atoms with Gasteiger partial charge in [0.05, 0.1) is 23.4 Å². The third-order valence-corrected chi connectivity index (χ3v) is 3.30. The molecule has 0 saturated heterocycles. The number of anilines is 3. The third-order valence-electron chi connectivity index (χ3n) is 2.28. The summed E-state index contributed by atoms with van der Waals surface area (Å²) in [5.74, 6) is 0.108. The number of nitrogens with zero attached hydrogens (tertiary/aromatic N) is 2. The molecule has 100 valence electrons. The highest BCUT2D eigenvalue weighted by atomic mass is 35.5. The molecule has 2 rings (SSSR count). The van der Waals surface area contributed by atoms with Crippen LogP contribution in [0.2, 0.25) is 5.02 Å². The summed E-state index contributed by atoms with van der Waals surface area (Å²) < 4.78 is 8.74. The fourth-order valence-corrected chi connectivity index (χ4v) is 2.34. The van der Waals surface area contributed by atoms with E-state index in [1.807, 2.05) is 0 Å². The van der Waals surface area contributed by atoms with E-state index in [0.717, 1.165) is 0 Å². The number of ether oxygens (including phenoxy) is 1. The minimum absolute atomic E-state index is 0.250. The van der Waals surface area contributed by atoms with Crippen LogP contribution in [0.4, 0.5) is 16.5 Å². The number of aryl methyl sites for hydroxylation is 1. The lowest BCUT2D eigenvalue weighted by Crippen LogP contribution is -2.07. The lowest BCUT2D eigenvalue weighted by molar-refractivity contribution is 0.0602. The molecule has 0 saturated carbocycles. The number of benzene rings is 1. The maximum Gasteiger partial charge on any atom is 0.340 e. The Balaban J connectivity index is 2.45. The number of rotatable bonds is 3. The number of nitrogens with two attached hydrogens (primary N) is 1. The van der Waals surface area contributed by atoms with Crippen LogP contribution < -0.4 is 11.1 Å². The maximum atomic E-state index is 11.7. The third kappa shape index (κ3) is 2.94. The molecule has 0 fully saturated rings. The summed E-state index contributed by atoms with van der Waals surface area (Å²) in [7, 11) is 1.29. The molecule has 0 radical (unpaired) electrons. The van der Waals surface area contributed by atoms with Gasteiger partial charge in [0, 0.05) is 17.2 Å². The Morgan fingerprint density at radius 2 is 2.26 bits per heavy atom. The van der Waals surface area contributed by atoms with Gasteiger partial charge in [-0.15, -0.1) is 0 Å². The van der Waals surface area contributed by atoms with Gasteiger partial charge in [-0.1, -0.05) is 11.6 Å². The van der Waals surface area contributed by atoms with Gasteiger partial charge >= 0.3 is 5.97 Å². The van der Waals surface area contributed by atoms with E-state index in [1.165, 1.54) is 24.7 Å². The monoisotopic (exact) mass is 298 g/mol. The van der Waals surface area contributed by atoms with Crippen LogP contribution in [0.1, 0.15) is 16.2 Å². The number of halogens is 1. The van der Waals surface area contributed by atoms with Gasteiger partial charge < -0.3 is 15.8 Å². The standard InChI is InChI=1S/C11H11ClN4O2S/c1-5-14-11(19-16-5)15-9-7(10(17)18-2)3-6(13)4-8(9)12/h3-4H,13H2,1-2H3,(H,14,15,16). The van der Waals surface area contributed by atoms with Crippen molar-refractivity contribution in [3.05, 3.63) is 28.5 Å². The zero-order valence-electron chi connectivity index (χ0n) is 10.2. The largest absolute Gasteiger partial charge is 0.465 e. The fraction of sp³-hybridized carbons (Fsp3) is 0.182. The first-order valence-corrected chi connectivity index (χ1v) is 6.41.